The maximum Gasteiger partial charge on any atom is 0.191 e. The molecule has 0 fully saturated rings. The summed E-state index contributed by atoms with van der Waals surface area (Å²) in [4.78, 5) is 8.73. The Kier molecular flexibility index (Phi) is 6.79. The molecule has 120 valence electrons. The molecule has 2 aromatic heterocycles. The van der Waals surface area contributed by atoms with Crippen molar-refractivity contribution in [1.82, 2.24) is 15.6 Å². The second-order valence-electron chi connectivity index (χ2n) is 4.90. The first kappa shape index (κ1) is 17.7. The van der Waals surface area contributed by atoms with Crippen LogP contribution in [0.1, 0.15) is 11.1 Å². The number of para-hydroxylation sites is 1. The zero-order valence-corrected chi connectivity index (χ0v) is 16.0. The smallest absolute Gasteiger partial charge is 0.191 e. The van der Waals surface area contributed by atoms with Crippen molar-refractivity contribution in [3.63, 3.8) is 0 Å². The fourth-order valence-electron chi connectivity index (χ4n) is 2.29. The van der Waals surface area contributed by atoms with Crippen LogP contribution in [0.2, 0.25) is 0 Å². The van der Waals surface area contributed by atoms with Gasteiger partial charge in [0.2, 0.25) is 0 Å². The third-order valence-electron chi connectivity index (χ3n) is 3.43. The summed E-state index contributed by atoms with van der Waals surface area (Å²) in [6.07, 6.45) is 1.83. The summed E-state index contributed by atoms with van der Waals surface area (Å²) in [6.45, 7) is 1.47. The summed E-state index contributed by atoms with van der Waals surface area (Å²) >= 11 is 1.70. The van der Waals surface area contributed by atoms with Crippen LogP contribution in [0.5, 0.6) is 0 Å². The Balaban J connectivity index is 0.00000192. The monoisotopic (exact) mass is 438 g/mol. The van der Waals surface area contributed by atoms with Gasteiger partial charge in [0.1, 0.15) is 0 Å². The van der Waals surface area contributed by atoms with Gasteiger partial charge in [-0.15, -0.1) is 24.0 Å². The molecule has 0 bridgehead atoms. The second kappa shape index (κ2) is 8.83. The Morgan fingerprint density at radius 2 is 1.96 bits per heavy atom. The Morgan fingerprint density at radius 1 is 1.13 bits per heavy atom. The predicted molar refractivity (Wildman–Crippen MR) is 109 cm³/mol. The normalized spacial score (nSPS) is 11.1. The molecule has 0 spiro atoms. The molecule has 1 aromatic carbocycles. The zero-order valence-electron chi connectivity index (χ0n) is 12.8. The molecule has 0 aliphatic rings. The minimum absolute atomic E-state index is 0. The van der Waals surface area contributed by atoms with Crippen molar-refractivity contribution in [3.8, 4) is 0 Å². The Morgan fingerprint density at radius 3 is 2.74 bits per heavy atom. The van der Waals surface area contributed by atoms with Gasteiger partial charge in [-0.25, -0.2) is 0 Å². The minimum atomic E-state index is 0. The lowest BCUT2D eigenvalue weighted by Gasteiger charge is -2.12. The number of benzene rings is 1. The number of nitrogens with one attached hydrogen (secondary N) is 2. The highest BCUT2D eigenvalue weighted by Gasteiger charge is 2.03. The van der Waals surface area contributed by atoms with Crippen molar-refractivity contribution in [1.29, 1.82) is 0 Å². The van der Waals surface area contributed by atoms with Crippen molar-refractivity contribution in [2.45, 2.75) is 13.1 Å². The van der Waals surface area contributed by atoms with Gasteiger partial charge < -0.3 is 10.6 Å². The number of rotatable bonds is 4. The van der Waals surface area contributed by atoms with E-state index in [1.807, 2.05) is 12.3 Å². The van der Waals surface area contributed by atoms with E-state index >= 15 is 0 Å². The second-order valence-corrected chi connectivity index (χ2v) is 5.68. The molecule has 0 radical (unpaired) electrons. The maximum atomic E-state index is 4.47. The van der Waals surface area contributed by atoms with Crippen molar-refractivity contribution >= 4 is 52.2 Å². The fraction of sp³-hybridized carbons (Fsp3) is 0.176. The molecular formula is C17H19IN4S. The van der Waals surface area contributed by atoms with Crippen molar-refractivity contribution in [2.75, 3.05) is 7.05 Å². The largest absolute Gasteiger partial charge is 0.352 e. The van der Waals surface area contributed by atoms with Crippen molar-refractivity contribution < 1.29 is 0 Å². The van der Waals surface area contributed by atoms with Crippen LogP contribution in [0.3, 0.4) is 0 Å². The SMILES string of the molecule is CN=C(NCc1ccsc1)NCc1cccc2cccnc12.I. The summed E-state index contributed by atoms with van der Waals surface area (Å²) in [6, 6.07) is 12.4. The van der Waals surface area contributed by atoms with Crippen molar-refractivity contribution in [2.24, 2.45) is 4.99 Å². The summed E-state index contributed by atoms with van der Waals surface area (Å²) < 4.78 is 0. The zero-order chi connectivity index (χ0) is 15.2. The summed E-state index contributed by atoms with van der Waals surface area (Å²) in [5.41, 5.74) is 3.46. The van der Waals surface area contributed by atoms with E-state index in [4.69, 9.17) is 0 Å². The molecule has 2 heterocycles. The molecular weight excluding hydrogens is 419 g/mol. The van der Waals surface area contributed by atoms with E-state index in [0.717, 1.165) is 29.0 Å². The average Bonchev–Trinajstić information content (AvgIpc) is 3.08. The van der Waals surface area contributed by atoms with Crippen LogP contribution in [0.15, 0.2) is 58.3 Å². The lowest BCUT2D eigenvalue weighted by Crippen LogP contribution is -2.36. The molecule has 3 aromatic rings. The van der Waals surface area contributed by atoms with Gasteiger partial charge in [-0.05, 0) is 34.0 Å². The minimum Gasteiger partial charge on any atom is -0.352 e. The Labute approximate surface area is 157 Å². The Bertz CT molecular complexity index is 766. The van der Waals surface area contributed by atoms with E-state index in [9.17, 15) is 0 Å². The quantitative estimate of drug-likeness (QED) is 0.371. The summed E-state index contributed by atoms with van der Waals surface area (Å²) in [7, 11) is 1.78. The van der Waals surface area contributed by atoms with Crippen LogP contribution >= 0.6 is 35.3 Å². The van der Waals surface area contributed by atoms with Gasteiger partial charge in [0.15, 0.2) is 5.96 Å². The molecule has 0 unspecified atom stereocenters. The summed E-state index contributed by atoms with van der Waals surface area (Å²) in [5.74, 6) is 0.791. The van der Waals surface area contributed by atoms with E-state index in [-0.39, 0.29) is 24.0 Å². The van der Waals surface area contributed by atoms with Crippen LogP contribution in [0.25, 0.3) is 10.9 Å². The number of hydrogen-bond donors (Lipinski definition) is 2. The number of guanidine groups is 1. The van der Waals surface area contributed by atoms with Crippen LogP contribution in [-0.4, -0.2) is 18.0 Å². The van der Waals surface area contributed by atoms with E-state index in [1.165, 1.54) is 5.56 Å². The van der Waals surface area contributed by atoms with Gasteiger partial charge in [-0.1, -0.05) is 24.3 Å². The summed E-state index contributed by atoms with van der Waals surface area (Å²) in [5, 5.41) is 12.0. The number of hydrogen-bond acceptors (Lipinski definition) is 3. The Hall–Kier alpha value is -1.67. The molecule has 0 saturated heterocycles. The predicted octanol–water partition coefficient (Wildman–Crippen LogP) is 3.78. The molecule has 4 nitrogen and oxygen atoms in total. The topological polar surface area (TPSA) is 49.3 Å². The van der Waals surface area contributed by atoms with Gasteiger partial charge in [0.05, 0.1) is 5.52 Å². The van der Waals surface area contributed by atoms with Gasteiger partial charge in [0.25, 0.3) is 0 Å². The number of aliphatic imine (C=N–C) groups is 1. The molecule has 3 rings (SSSR count). The van der Waals surface area contributed by atoms with E-state index in [2.05, 4.69) is 61.7 Å². The number of halogens is 1. The number of aromatic nitrogens is 1. The third-order valence-corrected chi connectivity index (χ3v) is 4.16. The molecule has 23 heavy (non-hydrogen) atoms. The highest BCUT2D eigenvalue weighted by molar-refractivity contribution is 14.0. The van der Waals surface area contributed by atoms with E-state index < -0.39 is 0 Å². The maximum absolute atomic E-state index is 4.47. The number of nitrogens with zero attached hydrogens (tertiary/aromatic N) is 2. The lowest BCUT2D eigenvalue weighted by molar-refractivity contribution is 0.812. The highest BCUT2D eigenvalue weighted by Crippen LogP contribution is 2.15. The van der Waals surface area contributed by atoms with Gasteiger partial charge in [-0.3, -0.25) is 9.98 Å². The number of pyridine rings is 1. The van der Waals surface area contributed by atoms with Crippen LogP contribution < -0.4 is 10.6 Å². The molecule has 2 N–H and O–H groups in total. The lowest BCUT2D eigenvalue weighted by atomic mass is 10.1. The molecule has 0 aliphatic carbocycles. The third kappa shape index (κ3) is 4.65. The molecule has 0 aliphatic heterocycles. The van der Waals surface area contributed by atoms with Crippen LogP contribution in [-0.2, 0) is 13.1 Å². The standard InChI is InChI=1S/C17H18N4S.HI/c1-18-17(20-10-13-7-9-22-12-13)21-11-15-5-2-4-14-6-3-8-19-16(14)15;/h2-9,12H,10-11H2,1H3,(H2,18,20,21);1H. The van der Waals surface area contributed by atoms with Gasteiger partial charge in [0, 0.05) is 31.7 Å². The van der Waals surface area contributed by atoms with Crippen molar-refractivity contribution in [3.05, 3.63) is 64.5 Å². The first-order valence-corrected chi connectivity index (χ1v) is 8.09. The number of fused-ring (bicyclic) bond motifs is 1. The van der Waals surface area contributed by atoms with Crippen LogP contribution in [0.4, 0.5) is 0 Å². The highest BCUT2D eigenvalue weighted by atomic mass is 127. The first-order chi connectivity index (χ1) is 10.9. The van der Waals surface area contributed by atoms with E-state index in [0.29, 0.717) is 6.54 Å². The molecule has 0 saturated carbocycles. The van der Waals surface area contributed by atoms with Crippen LogP contribution in [0, 0.1) is 0 Å². The van der Waals surface area contributed by atoms with Gasteiger partial charge in [-0.2, -0.15) is 11.3 Å². The molecule has 0 atom stereocenters. The average molecular weight is 438 g/mol. The molecule has 0 amide bonds. The van der Waals surface area contributed by atoms with Gasteiger partial charge >= 0.3 is 0 Å². The number of thiophene rings is 1. The fourth-order valence-corrected chi connectivity index (χ4v) is 2.96. The molecule has 6 heteroatoms. The van der Waals surface area contributed by atoms with E-state index in [1.54, 1.807) is 18.4 Å². The first-order valence-electron chi connectivity index (χ1n) is 7.15.